The maximum atomic E-state index is 12.1. The summed E-state index contributed by atoms with van der Waals surface area (Å²) < 4.78 is 5.61. The van der Waals surface area contributed by atoms with Crippen LogP contribution < -0.4 is 9.61 Å². The van der Waals surface area contributed by atoms with E-state index in [0.29, 0.717) is 33.8 Å². The Hall–Kier alpha value is -1.44. The molecule has 0 radical (unpaired) electrons. The number of rotatable bonds is 4. The van der Waals surface area contributed by atoms with Gasteiger partial charge in [0.1, 0.15) is 5.75 Å². The molecule has 2 fully saturated rings. The van der Waals surface area contributed by atoms with Crippen LogP contribution in [-0.4, -0.2) is 27.9 Å². The van der Waals surface area contributed by atoms with Gasteiger partial charge >= 0.3 is 10.8 Å². The largest absolute Gasteiger partial charge is 0.482 e. The Kier molecular flexibility index (Phi) is 4.29. The maximum absolute atomic E-state index is 12.1. The number of carboxylic acids is 1. The smallest absolute Gasteiger partial charge is 0.341 e. The minimum absolute atomic E-state index is 0.0213. The average molecular weight is 424 g/mol. The van der Waals surface area contributed by atoms with Crippen LogP contribution in [0.3, 0.4) is 0 Å². The van der Waals surface area contributed by atoms with Crippen molar-refractivity contribution >= 4 is 40.7 Å². The topological polar surface area (TPSA) is 79.4 Å². The van der Waals surface area contributed by atoms with Crippen molar-refractivity contribution in [1.82, 2.24) is 4.98 Å². The predicted octanol–water partition coefficient (Wildman–Crippen LogP) is 4.21. The van der Waals surface area contributed by atoms with Crippen LogP contribution in [0.4, 0.5) is 0 Å². The lowest BCUT2D eigenvalue weighted by Crippen LogP contribution is -2.34. The van der Waals surface area contributed by atoms with E-state index in [1.54, 1.807) is 12.1 Å². The number of aromatic amines is 1. The Morgan fingerprint density at radius 1 is 1.33 bits per heavy atom. The standard InChI is InChI=1S/C19H18ClNO4S2/c20-10-3-4-12(25-7-13(22)23)11(6-10)15-14-8-1-2-9(5-8)16(14)26-18-17(15)27-19(24)21-18/h3-4,6,8-9,14-16H,1-2,5,7H2,(H,21,24)(H,22,23)/t8-,9-,14-,15+,16+/m1/s1. The lowest BCUT2D eigenvalue weighted by atomic mass is 9.74. The van der Waals surface area contributed by atoms with E-state index in [2.05, 4.69) is 4.98 Å². The van der Waals surface area contributed by atoms with E-state index in [1.807, 2.05) is 17.8 Å². The fourth-order valence-electron chi connectivity index (χ4n) is 5.23. The monoisotopic (exact) mass is 423 g/mol. The second-order valence-electron chi connectivity index (χ2n) is 7.54. The zero-order valence-electron chi connectivity index (χ0n) is 14.3. The first-order valence-corrected chi connectivity index (χ1v) is 11.1. The van der Waals surface area contributed by atoms with Crippen molar-refractivity contribution < 1.29 is 14.6 Å². The molecule has 27 heavy (non-hydrogen) atoms. The molecule has 2 N–H and O–H groups in total. The third-order valence-corrected chi connectivity index (χ3v) is 8.98. The number of fused-ring (bicyclic) bond motifs is 6. The number of carboxylic acid groups (broad SMARTS) is 1. The lowest BCUT2D eigenvalue weighted by Gasteiger charge is -2.40. The number of hydrogen-bond donors (Lipinski definition) is 2. The molecular formula is C19H18ClNO4S2. The van der Waals surface area contributed by atoms with Gasteiger partial charge in [0, 0.05) is 26.6 Å². The first-order valence-electron chi connectivity index (χ1n) is 9.05. The average Bonchev–Trinajstić information content (AvgIpc) is 3.32. The van der Waals surface area contributed by atoms with Gasteiger partial charge in [-0.2, -0.15) is 0 Å². The van der Waals surface area contributed by atoms with Crippen molar-refractivity contribution in [2.75, 3.05) is 6.61 Å². The van der Waals surface area contributed by atoms with Crippen LogP contribution in [0.1, 0.15) is 35.6 Å². The number of aliphatic carboxylic acids is 1. The van der Waals surface area contributed by atoms with Gasteiger partial charge in [0.15, 0.2) is 6.61 Å². The molecule has 0 spiro atoms. The van der Waals surface area contributed by atoms with Crippen molar-refractivity contribution in [1.29, 1.82) is 0 Å². The van der Waals surface area contributed by atoms with Crippen LogP contribution in [0.5, 0.6) is 5.75 Å². The van der Waals surface area contributed by atoms with Crippen molar-refractivity contribution in [3.05, 3.63) is 43.3 Å². The molecule has 3 aliphatic rings. The van der Waals surface area contributed by atoms with Gasteiger partial charge in [0.2, 0.25) is 0 Å². The number of benzene rings is 1. The van der Waals surface area contributed by atoms with Gasteiger partial charge in [-0.15, -0.1) is 11.8 Å². The molecule has 1 aromatic carbocycles. The summed E-state index contributed by atoms with van der Waals surface area (Å²) in [7, 11) is 0. The molecule has 1 aromatic heterocycles. The summed E-state index contributed by atoms with van der Waals surface area (Å²) >= 11 is 9.40. The van der Waals surface area contributed by atoms with E-state index in [1.165, 1.54) is 30.6 Å². The summed E-state index contributed by atoms with van der Waals surface area (Å²) in [6, 6.07) is 5.36. The third-order valence-electron chi connectivity index (χ3n) is 6.12. The van der Waals surface area contributed by atoms with E-state index >= 15 is 0 Å². The van der Waals surface area contributed by atoms with Crippen molar-refractivity contribution in [2.24, 2.45) is 17.8 Å². The summed E-state index contributed by atoms with van der Waals surface area (Å²) in [5.41, 5.74) is 0.906. The zero-order chi connectivity index (χ0) is 18.7. The zero-order valence-corrected chi connectivity index (χ0v) is 16.7. The normalized spacial score (nSPS) is 30.8. The van der Waals surface area contributed by atoms with E-state index in [0.717, 1.165) is 15.5 Å². The van der Waals surface area contributed by atoms with E-state index in [4.69, 9.17) is 21.4 Å². The highest BCUT2D eigenvalue weighted by atomic mass is 35.5. The number of H-pyrrole nitrogens is 1. The number of nitrogens with one attached hydrogen (secondary N) is 1. The van der Waals surface area contributed by atoms with Crippen molar-refractivity contribution in [3.63, 3.8) is 0 Å². The summed E-state index contributed by atoms with van der Waals surface area (Å²) in [6.45, 7) is -0.396. The number of thiazole rings is 1. The van der Waals surface area contributed by atoms with Crippen LogP contribution in [0, 0.1) is 17.8 Å². The van der Waals surface area contributed by atoms with Gasteiger partial charge in [-0.25, -0.2) is 4.79 Å². The molecule has 5 atom stereocenters. The molecule has 0 saturated heterocycles. The third kappa shape index (κ3) is 2.91. The highest BCUT2D eigenvalue weighted by Gasteiger charge is 2.55. The molecule has 8 heteroatoms. The fraction of sp³-hybridized carbons (Fsp3) is 0.474. The van der Waals surface area contributed by atoms with Gasteiger partial charge in [-0.05, 0) is 55.2 Å². The van der Waals surface area contributed by atoms with E-state index in [-0.39, 0.29) is 10.8 Å². The number of halogens is 1. The van der Waals surface area contributed by atoms with Gasteiger partial charge in [-0.3, -0.25) is 4.79 Å². The Labute approximate surface area is 169 Å². The van der Waals surface area contributed by atoms with Gasteiger partial charge in [0.05, 0.1) is 5.03 Å². The Balaban J connectivity index is 1.65. The van der Waals surface area contributed by atoms with Crippen molar-refractivity contribution in [3.8, 4) is 5.75 Å². The first kappa shape index (κ1) is 17.6. The fourth-order valence-corrected chi connectivity index (χ4v) is 8.30. The van der Waals surface area contributed by atoms with Gasteiger partial charge in [0.25, 0.3) is 0 Å². The summed E-state index contributed by atoms with van der Waals surface area (Å²) in [5.74, 6) is 1.30. The van der Waals surface area contributed by atoms with Gasteiger partial charge < -0.3 is 14.8 Å². The number of ether oxygens (including phenoxy) is 1. The minimum atomic E-state index is -1.01. The van der Waals surface area contributed by atoms with Gasteiger partial charge in [-0.1, -0.05) is 22.9 Å². The number of hydrogen-bond acceptors (Lipinski definition) is 5. The lowest BCUT2D eigenvalue weighted by molar-refractivity contribution is -0.139. The van der Waals surface area contributed by atoms with Crippen LogP contribution in [0.15, 0.2) is 28.0 Å². The molecule has 2 saturated carbocycles. The van der Waals surface area contributed by atoms with Crippen molar-refractivity contribution in [2.45, 2.75) is 35.5 Å². The SMILES string of the molecule is O=C(O)COc1ccc(Cl)cc1[C@@H]1c2sc(=O)[nH]c2S[C@H]2[C@@H]3CC[C@H](C3)[C@H]12. The number of carbonyl (C=O) groups is 1. The summed E-state index contributed by atoms with van der Waals surface area (Å²) in [4.78, 5) is 27.1. The Bertz CT molecular complexity index is 971. The van der Waals surface area contributed by atoms with E-state index in [9.17, 15) is 9.59 Å². The molecule has 2 aliphatic carbocycles. The number of aromatic nitrogens is 1. The molecular weight excluding hydrogens is 406 g/mol. The minimum Gasteiger partial charge on any atom is -0.482 e. The quantitative estimate of drug-likeness (QED) is 0.770. The molecule has 0 amide bonds. The predicted molar refractivity (Wildman–Crippen MR) is 105 cm³/mol. The second kappa shape index (κ2) is 6.57. The molecule has 2 aromatic rings. The highest BCUT2D eigenvalue weighted by Crippen LogP contribution is 2.64. The molecule has 1 aliphatic heterocycles. The van der Waals surface area contributed by atoms with Crippen LogP contribution >= 0.6 is 34.7 Å². The van der Waals surface area contributed by atoms with Crippen LogP contribution in [0.2, 0.25) is 5.02 Å². The number of thioether (sulfide) groups is 1. The molecule has 0 unspecified atom stereocenters. The maximum Gasteiger partial charge on any atom is 0.341 e. The molecule has 142 valence electrons. The van der Waals surface area contributed by atoms with Crippen LogP contribution in [-0.2, 0) is 4.79 Å². The van der Waals surface area contributed by atoms with Crippen LogP contribution in [0.25, 0.3) is 0 Å². The summed E-state index contributed by atoms with van der Waals surface area (Å²) in [5, 5.41) is 11.1. The Morgan fingerprint density at radius 3 is 2.96 bits per heavy atom. The molecule has 2 heterocycles. The highest BCUT2D eigenvalue weighted by molar-refractivity contribution is 8.00. The summed E-state index contributed by atoms with van der Waals surface area (Å²) in [6.07, 6.45) is 3.72. The second-order valence-corrected chi connectivity index (χ2v) is 10.2. The Morgan fingerprint density at radius 2 is 2.15 bits per heavy atom. The molecule has 5 rings (SSSR count). The molecule has 2 bridgehead atoms. The first-order chi connectivity index (χ1) is 13.0. The molecule has 5 nitrogen and oxygen atoms in total. The van der Waals surface area contributed by atoms with E-state index < -0.39 is 12.6 Å².